The number of thioether (sulfide) groups is 1. The summed E-state index contributed by atoms with van der Waals surface area (Å²) in [5.74, 6) is -0.925. The number of aliphatic carboxylic acids is 1. The van der Waals surface area contributed by atoms with Gasteiger partial charge in [-0.15, -0.1) is 16.4 Å². The van der Waals surface area contributed by atoms with Gasteiger partial charge in [-0.3, -0.25) is 4.79 Å². The number of hydrogen-bond acceptors (Lipinski definition) is 6. The van der Waals surface area contributed by atoms with Crippen molar-refractivity contribution in [1.82, 2.24) is 20.2 Å². The third kappa shape index (κ3) is 2.88. The lowest BCUT2D eigenvalue weighted by atomic mass is 10.3. The van der Waals surface area contributed by atoms with E-state index in [9.17, 15) is 4.79 Å². The van der Waals surface area contributed by atoms with Gasteiger partial charge in [0.15, 0.2) is 0 Å². The molecule has 0 saturated carbocycles. The highest BCUT2D eigenvalue weighted by Gasteiger charge is 2.17. The molecule has 0 fully saturated rings. The van der Waals surface area contributed by atoms with Crippen molar-refractivity contribution in [2.75, 3.05) is 5.75 Å². The fourth-order valence-corrected chi connectivity index (χ4v) is 3.04. The summed E-state index contributed by atoms with van der Waals surface area (Å²) in [6, 6.07) is 4.10. The van der Waals surface area contributed by atoms with Gasteiger partial charge in [0.25, 0.3) is 0 Å². The van der Waals surface area contributed by atoms with Crippen molar-refractivity contribution in [3.8, 4) is 0 Å². The lowest BCUT2D eigenvalue weighted by Gasteiger charge is -2.10. The van der Waals surface area contributed by atoms with Crippen LogP contribution in [0.15, 0.2) is 17.3 Å². The minimum Gasteiger partial charge on any atom is -0.481 e. The van der Waals surface area contributed by atoms with Gasteiger partial charge in [-0.2, -0.15) is 0 Å². The van der Waals surface area contributed by atoms with Gasteiger partial charge in [-0.05, 0) is 36.4 Å². The van der Waals surface area contributed by atoms with E-state index in [0.717, 1.165) is 16.6 Å². The molecule has 0 aliphatic heterocycles. The van der Waals surface area contributed by atoms with E-state index in [4.69, 9.17) is 5.11 Å². The van der Waals surface area contributed by atoms with E-state index < -0.39 is 5.97 Å². The minimum atomic E-state index is -0.880. The van der Waals surface area contributed by atoms with Gasteiger partial charge >= 0.3 is 5.97 Å². The summed E-state index contributed by atoms with van der Waals surface area (Å²) in [5.41, 5.74) is 0. The molecular weight excluding hydrogens is 272 g/mol. The molecule has 0 saturated heterocycles. The highest BCUT2D eigenvalue weighted by atomic mass is 32.2. The highest BCUT2D eigenvalue weighted by molar-refractivity contribution is 7.99. The number of carboxylic acid groups (broad SMARTS) is 1. The number of rotatable bonds is 5. The van der Waals surface area contributed by atoms with Crippen LogP contribution in [-0.4, -0.2) is 37.0 Å². The Labute approximate surface area is 112 Å². The Morgan fingerprint density at radius 3 is 3.00 bits per heavy atom. The van der Waals surface area contributed by atoms with Crippen molar-refractivity contribution in [3.63, 3.8) is 0 Å². The SMILES string of the molecule is Cc1ccc(C(C)n2nnnc2SCC(=O)O)s1. The number of nitrogens with zero attached hydrogens (tertiary/aromatic N) is 4. The van der Waals surface area contributed by atoms with E-state index in [1.165, 1.54) is 4.88 Å². The van der Waals surface area contributed by atoms with Crippen molar-refractivity contribution < 1.29 is 9.90 Å². The third-order valence-electron chi connectivity index (χ3n) is 2.33. The molecule has 2 aromatic rings. The van der Waals surface area contributed by atoms with E-state index in [2.05, 4.69) is 15.5 Å². The Kier molecular flexibility index (Phi) is 3.97. The zero-order valence-corrected chi connectivity index (χ0v) is 11.5. The van der Waals surface area contributed by atoms with Crippen LogP contribution in [0.5, 0.6) is 0 Å². The number of hydrogen-bond donors (Lipinski definition) is 1. The van der Waals surface area contributed by atoms with E-state index >= 15 is 0 Å². The minimum absolute atomic E-state index is 0.00925. The number of carbonyl (C=O) groups is 1. The average molecular weight is 284 g/mol. The highest BCUT2D eigenvalue weighted by Crippen LogP contribution is 2.27. The summed E-state index contributed by atoms with van der Waals surface area (Å²) >= 11 is 2.81. The molecule has 6 nitrogen and oxygen atoms in total. The molecule has 0 amide bonds. The molecule has 0 radical (unpaired) electrons. The molecule has 1 unspecified atom stereocenters. The first-order chi connectivity index (χ1) is 8.58. The second-order valence-electron chi connectivity index (χ2n) is 3.71. The first kappa shape index (κ1) is 13.0. The van der Waals surface area contributed by atoms with Crippen molar-refractivity contribution in [1.29, 1.82) is 0 Å². The summed E-state index contributed by atoms with van der Waals surface area (Å²) in [7, 11) is 0. The van der Waals surface area contributed by atoms with Gasteiger partial charge < -0.3 is 5.11 Å². The molecule has 0 aliphatic carbocycles. The van der Waals surface area contributed by atoms with Crippen LogP contribution in [0.3, 0.4) is 0 Å². The summed E-state index contributed by atoms with van der Waals surface area (Å²) in [6.45, 7) is 4.03. The zero-order valence-electron chi connectivity index (χ0n) is 9.90. The summed E-state index contributed by atoms with van der Waals surface area (Å²) in [6.07, 6.45) is 0. The van der Waals surface area contributed by atoms with Crippen LogP contribution in [0.4, 0.5) is 0 Å². The molecule has 2 aromatic heterocycles. The lowest BCUT2D eigenvalue weighted by molar-refractivity contribution is -0.133. The number of tetrazole rings is 1. The number of aromatic nitrogens is 4. The molecule has 1 atom stereocenters. The van der Waals surface area contributed by atoms with E-state index in [0.29, 0.717) is 5.16 Å². The molecule has 96 valence electrons. The average Bonchev–Trinajstić information content (AvgIpc) is 2.93. The standard InChI is InChI=1S/C10H12N4O2S2/c1-6-3-4-8(18-6)7(2)14-10(11-12-13-14)17-5-9(15)16/h3-4,7H,5H2,1-2H3,(H,15,16). The smallest absolute Gasteiger partial charge is 0.313 e. The second-order valence-corrected chi connectivity index (χ2v) is 5.97. The van der Waals surface area contributed by atoms with Gasteiger partial charge in [0.2, 0.25) is 5.16 Å². The summed E-state index contributed by atoms with van der Waals surface area (Å²) in [5, 5.41) is 20.6. The number of aryl methyl sites for hydroxylation is 1. The Bertz CT molecular complexity index is 552. The Morgan fingerprint density at radius 2 is 2.39 bits per heavy atom. The van der Waals surface area contributed by atoms with Crippen LogP contribution >= 0.6 is 23.1 Å². The predicted molar refractivity (Wildman–Crippen MR) is 69.0 cm³/mol. The first-order valence-electron chi connectivity index (χ1n) is 5.26. The molecule has 0 aliphatic rings. The first-order valence-corrected chi connectivity index (χ1v) is 7.07. The van der Waals surface area contributed by atoms with Crippen LogP contribution < -0.4 is 0 Å². The van der Waals surface area contributed by atoms with Crippen molar-refractivity contribution in [2.24, 2.45) is 0 Å². The fraction of sp³-hybridized carbons (Fsp3) is 0.400. The van der Waals surface area contributed by atoms with Crippen molar-refractivity contribution in [2.45, 2.75) is 25.0 Å². The van der Waals surface area contributed by atoms with Crippen LogP contribution in [-0.2, 0) is 4.79 Å². The van der Waals surface area contributed by atoms with Crippen molar-refractivity contribution in [3.05, 3.63) is 21.9 Å². The largest absolute Gasteiger partial charge is 0.481 e. The molecule has 0 spiro atoms. The normalized spacial score (nSPS) is 12.6. The third-order valence-corrected chi connectivity index (χ3v) is 4.42. The van der Waals surface area contributed by atoms with Gasteiger partial charge in [-0.25, -0.2) is 4.68 Å². The molecular formula is C10H12N4O2S2. The topological polar surface area (TPSA) is 80.9 Å². The molecule has 0 aromatic carbocycles. The van der Waals surface area contributed by atoms with E-state index in [-0.39, 0.29) is 11.8 Å². The number of thiophene rings is 1. The molecule has 2 rings (SSSR count). The van der Waals surface area contributed by atoms with E-state index in [1.54, 1.807) is 16.0 Å². The Hall–Kier alpha value is -1.41. The van der Waals surface area contributed by atoms with E-state index in [1.807, 2.05) is 26.0 Å². The quantitative estimate of drug-likeness (QED) is 0.844. The lowest BCUT2D eigenvalue weighted by Crippen LogP contribution is -2.10. The summed E-state index contributed by atoms with van der Waals surface area (Å²) < 4.78 is 1.65. The maximum atomic E-state index is 10.6. The van der Waals surface area contributed by atoms with Crippen LogP contribution in [0.1, 0.15) is 22.7 Å². The Morgan fingerprint density at radius 1 is 1.61 bits per heavy atom. The zero-order chi connectivity index (χ0) is 13.1. The molecule has 18 heavy (non-hydrogen) atoms. The number of carboxylic acids is 1. The predicted octanol–water partition coefficient (Wildman–Crippen LogP) is 1.83. The summed E-state index contributed by atoms with van der Waals surface area (Å²) in [4.78, 5) is 12.9. The molecule has 1 N–H and O–H groups in total. The van der Waals surface area contributed by atoms with Gasteiger partial charge in [-0.1, -0.05) is 11.8 Å². The van der Waals surface area contributed by atoms with Gasteiger partial charge in [0.05, 0.1) is 11.8 Å². The second kappa shape index (κ2) is 5.49. The van der Waals surface area contributed by atoms with Crippen LogP contribution in [0.2, 0.25) is 0 Å². The maximum Gasteiger partial charge on any atom is 0.313 e. The molecule has 8 heteroatoms. The molecule has 2 heterocycles. The van der Waals surface area contributed by atoms with Crippen LogP contribution in [0.25, 0.3) is 0 Å². The van der Waals surface area contributed by atoms with Gasteiger partial charge in [0.1, 0.15) is 0 Å². The Balaban J connectivity index is 2.17. The van der Waals surface area contributed by atoms with Crippen molar-refractivity contribution >= 4 is 29.1 Å². The maximum absolute atomic E-state index is 10.6. The molecule has 0 bridgehead atoms. The fourth-order valence-electron chi connectivity index (χ4n) is 1.45. The van der Waals surface area contributed by atoms with Gasteiger partial charge in [0, 0.05) is 9.75 Å². The monoisotopic (exact) mass is 284 g/mol. The van der Waals surface area contributed by atoms with Crippen LogP contribution in [0, 0.1) is 6.92 Å².